The van der Waals surface area contributed by atoms with Gasteiger partial charge in [-0.15, -0.1) is 0 Å². The van der Waals surface area contributed by atoms with Gasteiger partial charge in [0.15, 0.2) is 5.17 Å². The SMILES string of the molecule is CC1CSC(NC(C)C(C)C)=N1. The third kappa shape index (κ3) is 2.70. The van der Waals surface area contributed by atoms with Crippen LogP contribution < -0.4 is 5.32 Å². The van der Waals surface area contributed by atoms with Gasteiger partial charge in [0.1, 0.15) is 0 Å². The zero-order valence-electron chi connectivity index (χ0n) is 8.29. The maximum Gasteiger partial charge on any atom is 0.157 e. The average molecular weight is 186 g/mol. The van der Waals surface area contributed by atoms with Crippen molar-refractivity contribution >= 4 is 16.9 Å². The first-order chi connectivity index (χ1) is 5.59. The number of nitrogens with one attached hydrogen (secondary N) is 1. The van der Waals surface area contributed by atoms with Crippen molar-refractivity contribution in [3.8, 4) is 0 Å². The Hall–Kier alpha value is -0.180. The molecule has 1 rings (SSSR count). The van der Waals surface area contributed by atoms with Crippen LogP contribution in [-0.2, 0) is 0 Å². The summed E-state index contributed by atoms with van der Waals surface area (Å²) in [6.45, 7) is 8.81. The minimum absolute atomic E-state index is 0.497. The van der Waals surface area contributed by atoms with Crippen LogP contribution in [0.4, 0.5) is 0 Å². The first kappa shape index (κ1) is 9.90. The Bertz CT molecular complexity index is 177. The Kier molecular flexibility index (Phi) is 3.44. The molecule has 12 heavy (non-hydrogen) atoms. The molecule has 0 aromatic carbocycles. The predicted octanol–water partition coefficient (Wildman–Crippen LogP) is 2.11. The van der Waals surface area contributed by atoms with Gasteiger partial charge in [-0.2, -0.15) is 0 Å². The summed E-state index contributed by atoms with van der Waals surface area (Å²) in [6, 6.07) is 1.03. The Morgan fingerprint density at radius 1 is 1.50 bits per heavy atom. The first-order valence-corrected chi connectivity index (χ1v) is 5.55. The number of hydrogen-bond acceptors (Lipinski definition) is 3. The molecule has 0 aliphatic carbocycles. The van der Waals surface area contributed by atoms with E-state index in [-0.39, 0.29) is 0 Å². The molecule has 0 radical (unpaired) electrons. The van der Waals surface area contributed by atoms with Gasteiger partial charge in [-0.25, -0.2) is 0 Å². The minimum atomic E-state index is 0.497. The average Bonchev–Trinajstić information content (AvgIpc) is 2.35. The fourth-order valence-corrected chi connectivity index (χ4v) is 1.91. The summed E-state index contributed by atoms with van der Waals surface area (Å²) in [5, 5.41) is 4.55. The van der Waals surface area contributed by atoms with Crippen LogP contribution in [0, 0.1) is 5.92 Å². The van der Waals surface area contributed by atoms with E-state index in [1.54, 1.807) is 0 Å². The number of aliphatic imine (C=N–C) groups is 1. The highest BCUT2D eigenvalue weighted by Gasteiger charge is 2.16. The van der Waals surface area contributed by atoms with Crippen LogP contribution in [0.15, 0.2) is 4.99 Å². The molecule has 0 amide bonds. The summed E-state index contributed by atoms with van der Waals surface area (Å²) >= 11 is 1.84. The van der Waals surface area contributed by atoms with E-state index in [0.29, 0.717) is 18.0 Å². The highest BCUT2D eigenvalue weighted by atomic mass is 32.2. The quantitative estimate of drug-likeness (QED) is 0.714. The largest absolute Gasteiger partial charge is 0.362 e. The maximum atomic E-state index is 4.48. The van der Waals surface area contributed by atoms with E-state index in [9.17, 15) is 0 Å². The van der Waals surface area contributed by atoms with Gasteiger partial charge in [0.25, 0.3) is 0 Å². The highest BCUT2D eigenvalue weighted by molar-refractivity contribution is 8.14. The van der Waals surface area contributed by atoms with E-state index < -0.39 is 0 Å². The Morgan fingerprint density at radius 3 is 2.58 bits per heavy atom. The van der Waals surface area contributed by atoms with Gasteiger partial charge in [0, 0.05) is 11.8 Å². The Balaban J connectivity index is 2.36. The van der Waals surface area contributed by atoms with Crippen LogP contribution in [0.3, 0.4) is 0 Å². The summed E-state index contributed by atoms with van der Waals surface area (Å²) < 4.78 is 0. The van der Waals surface area contributed by atoms with Gasteiger partial charge < -0.3 is 5.32 Å². The third-order valence-corrected chi connectivity index (χ3v) is 3.30. The predicted molar refractivity (Wildman–Crippen MR) is 56.8 cm³/mol. The van der Waals surface area contributed by atoms with Crippen molar-refractivity contribution in [1.29, 1.82) is 0 Å². The Morgan fingerprint density at radius 2 is 2.17 bits per heavy atom. The van der Waals surface area contributed by atoms with E-state index in [1.807, 2.05) is 11.8 Å². The van der Waals surface area contributed by atoms with Crippen LogP contribution in [0.5, 0.6) is 0 Å². The van der Waals surface area contributed by atoms with Gasteiger partial charge in [-0.3, -0.25) is 4.99 Å². The monoisotopic (exact) mass is 186 g/mol. The van der Waals surface area contributed by atoms with Crippen molar-refractivity contribution in [2.24, 2.45) is 10.9 Å². The molecule has 70 valence electrons. The van der Waals surface area contributed by atoms with E-state index in [2.05, 4.69) is 38.0 Å². The number of rotatable bonds is 2. The van der Waals surface area contributed by atoms with Crippen molar-refractivity contribution in [3.63, 3.8) is 0 Å². The fourth-order valence-electron chi connectivity index (χ4n) is 0.915. The molecule has 2 nitrogen and oxygen atoms in total. The summed E-state index contributed by atoms with van der Waals surface area (Å²) in [4.78, 5) is 4.48. The third-order valence-electron chi connectivity index (χ3n) is 2.15. The van der Waals surface area contributed by atoms with Gasteiger partial charge in [0.2, 0.25) is 0 Å². The molecule has 2 unspecified atom stereocenters. The molecule has 3 heteroatoms. The fraction of sp³-hybridized carbons (Fsp3) is 0.889. The molecule has 1 heterocycles. The smallest absolute Gasteiger partial charge is 0.157 e. The number of nitrogens with zero attached hydrogens (tertiary/aromatic N) is 1. The lowest BCUT2D eigenvalue weighted by atomic mass is 10.1. The minimum Gasteiger partial charge on any atom is -0.362 e. The van der Waals surface area contributed by atoms with Crippen molar-refractivity contribution in [2.75, 3.05) is 5.75 Å². The van der Waals surface area contributed by atoms with Gasteiger partial charge in [0.05, 0.1) is 6.04 Å². The number of thioether (sulfide) groups is 1. The lowest BCUT2D eigenvalue weighted by molar-refractivity contribution is 0.489. The van der Waals surface area contributed by atoms with Crippen molar-refractivity contribution in [1.82, 2.24) is 5.32 Å². The molecule has 0 aromatic heterocycles. The highest BCUT2D eigenvalue weighted by Crippen LogP contribution is 2.16. The molecule has 1 N–H and O–H groups in total. The van der Waals surface area contributed by atoms with Gasteiger partial charge >= 0.3 is 0 Å². The van der Waals surface area contributed by atoms with Crippen molar-refractivity contribution in [2.45, 2.75) is 39.8 Å². The number of hydrogen-bond donors (Lipinski definition) is 1. The van der Waals surface area contributed by atoms with Crippen LogP contribution >= 0.6 is 11.8 Å². The molecule has 0 bridgehead atoms. The summed E-state index contributed by atoms with van der Waals surface area (Å²) in [6.07, 6.45) is 0. The summed E-state index contributed by atoms with van der Waals surface area (Å²) in [5.41, 5.74) is 0. The molecular weight excluding hydrogens is 168 g/mol. The second-order valence-corrected chi connectivity index (χ2v) is 4.78. The van der Waals surface area contributed by atoms with Crippen LogP contribution in [0.25, 0.3) is 0 Å². The molecule has 0 aromatic rings. The van der Waals surface area contributed by atoms with Gasteiger partial charge in [-0.05, 0) is 19.8 Å². The zero-order chi connectivity index (χ0) is 9.14. The van der Waals surface area contributed by atoms with Crippen molar-refractivity contribution < 1.29 is 0 Å². The van der Waals surface area contributed by atoms with E-state index in [1.165, 1.54) is 0 Å². The zero-order valence-corrected chi connectivity index (χ0v) is 9.11. The summed E-state index contributed by atoms with van der Waals surface area (Å²) in [5.74, 6) is 1.80. The van der Waals surface area contributed by atoms with Gasteiger partial charge in [-0.1, -0.05) is 25.6 Å². The van der Waals surface area contributed by atoms with E-state index in [4.69, 9.17) is 0 Å². The topological polar surface area (TPSA) is 24.4 Å². The van der Waals surface area contributed by atoms with Crippen molar-refractivity contribution in [3.05, 3.63) is 0 Å². The normalized spacial score (nSPS) is 25.8. The number of amidine groups is 1. The molecule has 2 atom stereocenters. The molecule has 0 spiro atoms. The maximum absolute atomic E-state index is 4.48. The molecule has 1 aliphatic heterocycles. The second-order valence-electron chi connectivity index (χ2n) is 3.77. The van der Waals surface area contributed by atoms with Crippen LogP contribution in [0.1, 0.15) is 27.7 Å². The molecular formula is C9H18N2S. The van der Waals surface area contributed by atoms with Crippen LogP contribution in [-0.4, -0.2) is 23.0 Å². The first-order valence-electron chi connectivity index (χ1n) is 4.56. The molecule has 1 aliphatic rings. The lowest BCUT2D eigenvalue weighted by Crippen LogP contribution is -2.33. The Labute approximate surface area is 79.2 Å². The summed E-state index contributed by atoms with van der Waals surface area (Å²) in [7, 11) is 0. The molecule has 0 saturated carbocycles. The van der Waals surface area contributed by atoms with E-state index >= 15 is 0 Å². The van der Waals surface area contributed by atoms with E-state index in [0.717, 1.165) is 10.9 Å². The molecule has 0 fully saturated rings. The second kappa shape index (κ2) is 4.17. The molecule has 0 saturated heterocycles. The standard InChI is InChI=1S/C9H18N2S/c1-6(2)8(4)11-9-10-7(3)5-12-9/h6-8H,5H2,1-4H3,(H,10,11). The van der Waals surface area contributed by atoms with Crippen LogP contribution in [0.2, 0.25) is 0 Å². The lowest BCUT2D eigenvalue weighted by Gasteiger charge is -2.17.